The van der Waals surface area contributed by atoms with Crippen LogP contribution in [0.2, 0.25) is 0 Å². The van der Waals surface area contributed by atoms with E-state index in [0.29, 0.717) is 23.0 Å². The topological polar surface area (TPSA) is 75.9 Å². The Kier molecular flexibility index (Phi) is 3.84. The monoisotopic (exact) mass is 335 g/mol. The predicted molar refractivity (Wildman–Crippen MR) is 92.8 cm³/mol. The summed E-state index contributed by atoms with van der Waals surface area (Å²) in [4.78, 5) is 25.4. The number of fused-ring (bicyclic) bond motifs is 1. The fraction of sp³-hybridized carbons (Fsp3) is 0.0588. The number of hydrogen-bond acceptors (Lipinski definition) is 5. The molecular formula is C17H13N5OS. The van der Waals surface area contributed by atoms with Gasteiger partial charge in [-0.25, -0.2) is 9.97 Å². The van der Waals surface area contributed by atoms with Gasteiger partial charge in [0, 0.05) is 23.6 Å². The van der Waals surface area contributed by atoms with Crippen molar-refractivity contribution in [2.45, 2.75) is 10.8 Å². The Labute approximate surface area is 141 Å². The summed E-state index contributed by atoms with van der Waals surface area (Å²) in [5.41, 5.74) is 1.42. The predicted octanol–water partition coefficient (Wildman–Crippen LogP) is 2.77. The zero-order valence-corrected chi connectivity index (χ0v) is 13.4. The lowest BCUT2D eigenvalue weighted by Gasteiger charge is -2.00. The minimum Gasteiger partial charge on any atom is -0.271 e. The van der Waals surface area contributed by atoms with E-state index in [4.69, 9.17) is 0 Å². The minimum absolute atomic E-state index is 0.175. The maximum absolute atomic E-state index is 12.3. The van der Waals surface area contributed by atoms with E-state index in [-0.39, 0.29) is 5.56 Å². The lowest BCUT2D eigenvalue weighted by atomic mass is 10.2. The molecule has 0 spiro atoms. The summed E-state index contributed by atoms with van der Waals surface area (Å²) in [6.45, 7) is 0. The van der Waals surface area contributed by atoms with Crippen molar-refractivity contribution in [3.63, 3.8) is 0 Å². The van der Waals surface area contributed by atoms with Gasteiger partial charge in [-0.1, -0.05) is 36.4 Å². The van der Waals surface area contributed by atoms with Gasteiger partial charge in [-0.3, -0.25) is 9.89 Å². The first-order chi connectivity index (χ1) is 11.8. The van der Waals surface area contributed by atoms with Gasteiger partial charge < -0.3 is 0 Å². The molecule has 0 aliphatic carbocycles. The van der Waals surface area contributed by atoms with Crippen molar-refractivity contribution < 1.29 is 0 Å². The Bertz CT molecular complexity index is 1030. The van der Waals surface area contributed by atoms with E-state index in [9.17, 15) is 4.79 Å². The summed E-state index contributed by atoms with van der Waals surface area (Å²) in [5, 5.41) is 3.89. The fourth-order valence-corrected chi connectivity index (χ4v) is 3.06. The van der Waals surface area contributed by atoms with E-state index in [1.165, 1.54) is 22.3 Å². The van der Waals surface area contributed by atoms with Crippen LogP contribution in [0.3, 0.4) is 0 Å². The average Bonchev–Trinajstić information content (AvgIpc) is 3.06. The highest BCUT2D eigenvalue weighted by molar-refractivity contribution is 7.98. The van der Waals surface area contributed by atoms with Gasteiger partial charge in [0.2, 0.25) is 0 Å². The number of benzene rings is 1. The van der Waals surface area contributed by atoms with Crippen LogP contribution in [0.25, 0.3) is 17.2 Å². The van der Waals surface area contributed by atoms with Crippen LogP contribution < -0.4 is 5.56 Å². The van der Waals surface area contributed by atoms with Gasteiger partial charge in [-0.15, -0.1) is 11.8 Å². The minimum atomic E-state index is -0.175. The standard InChI is InChI=1S/C17H13N5OS/c23-15-10-13(11-24-14-8-4-5-9-18-14)19-17-20-16(21-22(15)17)12-6-2-1-3-7-12/h1-10H,11H2,(H,19,20,21). The van der Waals surface area contributed by atoms with Gasteiger partial charge in [-0.05, 0) is 12.1 Å². The second-order valence-electron chi connectivity index (χ2n) is 5.12. The smallest absolute Gasteiger partial charge is 0.271 e. The molecule has 0 saturated heterocycles. The first kappa shape index (κ1) is 14.6. The van der Waals surface area contributed by atoms with Crippen LogP contribution in [-0.2, 0) is 5.75 Å². The molecule has 4 aromatic rings. The Morgan fingerprint density at radius 1 is 1.04 bits per heavy atom. The number of H-pyrrole nitrogens is 1. The highest BCUT2D eigenvalue weighted by Crippen LogP contribution is 2.19. The van der Waals surface area contributed by atoms with E-state index in [1.54, 1.807) is 6.20 Å². The molecule has 4 rings (SSSR count). The van der Waals surface area contributed by atoms with Gasteiger partial charge in [-0.2, -0.15) is 9.50 Å². The molecule has 0 aliphatic heterocycles. The number of rotatable bonds is 4. The van der Waals surface area contributed by atoms with Crippen LogP contribution in [0, 0.1) is 0 Å². The van der Waals surface area contributed by atoms with Crippen molar-refractivity contribution in [1.29, 1.82) is 0 Å². The first-order valence-electron chi connectivity index (χ1n) is 7.37. The van der Waals surface area contributed by atoms with Gasteiger partial charge in [0.1, 0.15) is 0 Å². The number of aromatic nitrogens is 5. The van der Waals surface area contributed by atoms with E-state index in [1.807, 2.05) is 48.5 Å². The largest absolute Gasteiger partial charge is 0.274 e. The van der Waals surface area contributed by atoms with E-state index in [0.717, 1.165) is 10.6 Å². The molecule has 0 atom stereocenters. The quantitative estimate of drug-likeness (QED) is 0.580. The summed E-state index contributed by atoms with van der Waals surface area (Å²) in [6, 6.07) is 16.9. The van der Waals surface area contributed by atoms with Crippen LogP contribution >= 0.6 is 11.8 Å². The highest BCUT2D eigenvalue weighted by Gasteiger charge is 2.09. The van der Waals surface area contributed by atoms with Crippen LogP contribution in [0.1, 0.15) is 5.69 Å². The number of hydrogen-bond donors (Lipinski definition) is 1. The molecule has 1 N–H and O–H groups in total. The van der Waals surface area contributed by atoms with Crippen molar-refractivity contribution in [2.75, 3.05) is 0 Å². The van der Waals surface area contributed by atoms with Crippen molar-refractivity contribution in [3.8, 4) is 11.4 Å². The maximum atomic E-state index is 12.3. The molecule has 6 nitrogen and oxygen atoms in total. The molecule has 3 aromatic heterocycles. The van der Waals surface area contributed by atoms with Crippen molar-refractivity contribution in [1.82, 2.24) is 24.6 Å². The third-order valence-electron chi connectivity index (χ3n) is 3.44. The van der Waals surface area contributed by atoms with Gasteiger partial charge >= 0.3 is 0 Å². The second kappa shape index (κ2) is 6.29. The Hall–Kier alpha value is -2.93. The molecule has 118 valence electrons. The molecule has 0 unspecified atom stereocenters. The number of nitrogens with zero attached hydrogens (tertiary/aromatic N) is 4. The molecular weight excluding hydrogens is 322 g/mol. The van der Waals surface area contributed by atoms with Crippen molar-refractivity contribution in [2.24, 2.45) is 0 Å². The third kappa shape index (κ3) is 2.93. The molecule has 0 radical (unpaired) electrons. The third-order valence-corrected chi connectivity index (χ3v) is 4.41. The SMILES string of the molecule is O=c1cc(CSc2ccccn2)nc2nc(-c3ccccc3)[nH]n12. The molecule has 1 aromatic carbocycles. The molecule has 0 bridgehead atoms. The second-order valence-corrected chi connectivity index (χ2v) is 6.11. The van der Waals surface area contributed by atoms with Crippen LogP contribution in [0.4, 0.5) is 0 Å². The zero-order valence-electron chi connectivity index (χ0n) is 12.6. The lowest BCUT2D eigenvalue weighted by Crippen LogP contribution is -2.15. The number of nitrogens with one attached hydrogen (secondary N) is 1. The summed E-state index contributed by atoms with van der Waals surface area (Å²) in [7, 11) is 0. The van der Waals surface area contributed by atoms with E-state index >= 15 is 0 Å². The fourth-order valence-electron chi connectivity index (χ4n) is 2.31. The first-order valence-corrected chi connectivity index (χ1v) is 8.36. The van der Waals surface area contributed by atoms with E-state index < -0.39 is 0 Å². The van der Waals surface area contributed by atoms with Crippen molar-refractivity contribution in [3.05, 3.63) is 76.8 Å². The van der Waals surface area contributed by atoms with Crippen LogP contribution in [0.5, 0.6) is 0 Å². The molecule has 0 aliphatic rings. The normalized spacial score (nSPS) is 11.0. The number of aromatic amines is 1. The summed E-state index contributed by atoms with van der Waals surface area (Å²) in [5.74, 6) is 1.56. The van der Waals surface area contributed by atoms with Gasteiger partial charge in [0.15, 0.2) is 5.82 Å². The molecule has 7 heteroatoms. The maximum Gasteiger partial charge on any atom is 0.274 e. The highest BCUT2D eigenvalue weighted by atomic mass is 32.2. The van der Waals surface area contributed by atoms with E-state index in [2.05, 4.69) is 20.1 Å². The molecule has 0 amide bonds. The molecule has 0 saturated carbocycles. The Morgan fingerprint density at radius 3 is 2.67 bits per heavy atom. The summed E-state index contributed by atoms with van der Waals surface area (Å²) >= 11 is 1.53. The summed E-state index contributed by atoms with van der Waals surface area (Å²) < 4.78 is 1.36. The number of pyridine rings is 1. The number of thioether (sulfide) groups is 1. The van der Waals surface area contributed by atoms with Gasteiger partial charge in [0.25, 0.3) is 11.3 Å². The van der Waals surface area contributed by atoms with Gasteiger partial charge in [0.05, 0.1) is 10.7 Å². The molecule has 24 heavy (non-hydrogen) atoms. The lowest BCUT2D eigenvalue weighted by molar-refractivity contribution is 0.890. The van der Waals surface area contributed by atoms with Crippen molar-refractivity contribution >= 4 is 17.5 Å². The summed E-state index contributed by atoms with van der Waals surface area (Å²) in [6.07, 6.45) is 1.74. The average molecular weight is 335 g/mol. The molecule has 0 fully saturated rings. The zero-order chi connectivity index (χ0) is 16.4. The van der Waals surface area contributed by atoms with Crippen LogP contribution in [-0.4, -0.2) is 24.6 Å². The van der Waals surface area contributed by atoms with Crippen LogP contribution in [0.15, 0.2) is 70.6 Å². The molecule has 3 heterocycles. The Morgan fingerprint density at radius 2 is 1.88 bits per heavy atom. The Balaban J connectivity index is 1.66.